The van der Waals surface area contributed by atoms with Crippen molar-refractivity contribution in [3.63, 3.8) is 0 Å². The highest BCUT2D eigenvalue weighted by Crippen LogP contribution is 2.28. The van der Waals surface area contributed by atoms with Crippen LogP contribution in [-0.2, 0) is 0 Å². The minimum atomic E-state index is -0.666. The second kappa shape index (κ2) is 9.41. The van der Waals surface area contributed by atoms with Crippen LogP contribution in [0.5, 0.6) is 0 Å². The van der Waals surface area contributed by atoms with Crippen LogP contribution in [0, 0.1) is 20.2 Å². The summed E-state index contributed by atoms with van der Waals surface area (Å²) in [4.78, 5) is 45.4. The van der Waals surface area contributed by atoms with Crippen molar-refractivity contribution in [3.8, 4) is 0 Å². The van der Waals surface area contributed by atoms with E-state index in [9.17, 15) is 29.8 Å². The molecule has 3 rings (SSSR count). The molecule has 0 aliphatic heterocycles. The number of amides is 2. The predicted octanol–water partition coefficient (Wildman–Crippen LogP) is 5.31. The zero-order valence-corrected chi connectivity index (χ0v) is 17.4. The van der Waals surface area contributed by atoms with Gasteiger partial charge in [-0.15, -0.1) is 0 Å². The molecule has 0 atom stereocenters. The fourth-order valence-corrected chi connectivity index (χ4v) is 3.01. The summed E-state index contributed by atoms with van der Waals surface area (Å²) in [6.07, 6.45) is 0. The van der Waals surface area contributed by atoms with Crippen molar-refractivity contribution in [1.82, 2.24) is 0 Å². The number of hydrogen-bond acceptors (Lipinski definition) is 6. The van der Waals surface area contributed by atoms with E-state index in [0.717, 1.165) is 12.1 Å². The molecule has 0 aliphatic rings. The van der Waals surface area contributed by atoms with Crippen LogP contribution in [0.2, 0.25) is 10.0 Å². The van der Waals surface area contributed by atoms with Gasteiger partial charge in [0.05, 0.1) is 9.85 Å². The fourth-order valence-electron chi connectivity index (χ4n) is 2.64. The number of nitro benzene ring substituents is 2. The minimum Gasteiger partial charge on any atom is -0.322 e. The van der Waals surface area contributed by atoms with Gasteiger partial charge in [-0.25, -0.2) is 0 Å². The monoisotopic (exact) mass is 474 g/mol. The maximum absolute atomic E-state index is 12.4. The summed E-state index contributed by atoms with van der Waals surface area (Å²) in [5, 5.41) is 26.8. The van der Waals surface area contributed by atoms with Gasteiger partial charge in [0.2, 0.25) is 0 Å². The first-order valence-corrected chi connectivity index (χ1v) is 9.52. The molecule has 0 saturated heterocycles. The fraction of sp³-hybridized carbons (Fsp3) is 0. The quantitative estimate of drug-likeness (QED) is 0.365. The van der Waals surface area contributed by atoms with Gasteiger partial charge < -0.3 is 10.6 Å². The van der Waals surface area contributed by atoms with Crippen molar-refractivity contribution < 1.29 is 19.4 Å². The van der Waals surface area contributed by atoms with E-state index < -0.39 is 21.7 Å². The predicted molar refractivity (Wildman–Crippen MR) is 119 cm³/mol. The molecule has 3 aromatic carbocycles. The van der Waals surface area contributed by atoms with E-state index in [1.165, 1.54) is 48.5 Å². The number of hydrogen-bond donors (Lipinski definition) is 2. The summed E-state index contributed by atoms with van der Waals surface area (Å²) in [6.45, 7) is 0. The molecule has 0 aromatic heterocycles. The van der Waals surface area contributed by atoms with E-state index >= 15 is 0 Å². The Hall–Kier alpha value is -4.02. The van der Waals surface area contributed by atoms with E-state index in [4.69, 9.17) is 23.2 Å². The number of carbonyl (C=O) groups excluding carboxylic acids is 2. The number of nitrogens with one attached hydrogen (secondary N) is 2. The first kappa shape index (κ1) is 22.7. The Morgan fingerprint density at radius 3 is 1.31 bits per heavy atom. The third kappa shape index (κ3) is 5.17. The highest BCUT2D eigenvalue weighted by molar-refractivity contribution is 6.33. The highest BCUT2D eigenvalue weighted by atomic mass is 35.5. The second-order valence-electron chi connectivity index (χ2n) is 6.33. The van der Waals surface area contributed by atoms with Gasteiger partial charge in [0.15, 0.2) is 0 Å². The van der Waals surface area contributed by atoms with Gasteiger partial charge in [0.25, 0.3) is 23.2 Å². The van der Waals surface area contributed by atoms with Gasteiger partial charge in [-0.2, -0.15) is 0 Å². The van der Waals surface area contributed by atoms with Crippen LogP contribution >= 0.6 is 23.2 Å². The molecule has 0 bridgehead atoms. The maximum Gasteiger partial charge on any atom is 0.289 e. The van der Waals surface area contributed by atoms with Crippen molar-refractivity contribution >= 4 is 57.8 Å². The standard InChI is InChI=1S/C20H12Cl2N4O6/c21-15-7-5-13(9-17(15)25(29)30)23-19(27)11-1-2-12(4-3-11)20(28)24-14-6-8-16(22)18(10-14)26(31)32/h1-10H,(H,23,27)(H,24,28). The summed E-state index contributed by atoms with van der Waals surface area (Å²) in [7, 11) is 0. The van der Waals surface area contributed by atoms with Gasteiger partial charge >= 0.3 is 0 Å². The Labute approximate surface area is 190 Å². The smallest absolute Gasteiger partial charge is 0.289 e. The lowest BCUT2D eigenvalue weighted by atomic mass is 10.1. The zero-order chi connectivity index (χ0) is 23.4. The van der Waals surface area contributed by atoms with Gasteiger partial charge in [0, 0.05) is 34.6 Å². The van der Waals surface area contributed by atoms with Crippen molar-refractivity contribution in [2.45, 2.75) is 0 Å². The van der Waals surface area contributed by atoms with Crippen molar-refractivity contribution in [2.24, 2.45) is 0 Å². The Balaban J connectivity index is 1.70. The Bertz CT molecular complexity index is 1150. The maximum atomic E-state index is 12.4. The summed E-state index contributed by atoms with van der Waals surface area (Å²) in [6, 6.07) is 13.2. The van der Waals surface area contributed by atoms with E-state index in [-0.39, 0.29) is 43.9 Å². The average Bonchev–Trinajstić information content (AvgIpc) is 2.76. The van der Waals surface area contributed by atoms with Crippen LogP contribution in [0.4, 0.5) is 22.7 Å². The molecule has 32 heavy (non-hydrogen) atoms. The Morgan fingerprint density at radius 2 is 1.00 bits per heavy atom. The van der Waals surface area contributed by atoms with Crippen LogP contribution in [-0.4, -0.2) is 21.7 Å². The average molecular weight is 475 g/mol. The molecular weight excluding hydrogens is 463 g/mol. The number of benzene rings is 3. The van der Waals surface area contributed by atoms with Gasteiger partial charge in [-0.1, -0.05) is 23.2 Å². The number of halogens is 2. The SMILES string of the molecule is O=C(Nc1ccc(Cl)c([N+](=O)[O-])c1)c1ccc(C(=O)Nc2ccc(Cl)c([N+](=O)[O-])c2)cc1. The minimum absolute atomic E-state index is 0.0608. The molecule has 12 heteroatoms. The number of anilines is 2. The molecule has 10 nitrogen and oxygen atoms in total. The van der Waals surface area contributed by atoms with Crippen LogP contribution in [0.3, 0.4) is 0 Å². The topological polar surface area (TPSA) is 144 Å². The van der Waals surface area contributed by atoms with E-state index in [1.54, 1.807) is 0 Å². The Kier molecular flexibility index (Phi) is 6.67. The summed E-state index contributed by atoms with van der Waals surface area (Å²) in [5.74, 6) is -1.11. The molecule has 2 amide bonds. The third-order valence-corrected chi connectivity index (χ3v) is 4.85. The molecule has 162 valence electrons. The normalized spacial score (nSPS) is 10.3. The second-order valence-corrected chi connectivity index (χ2v) is 7.15. The van der Waals surface area contributed by atoms with Gasteiger partial charge in [-0.05, 0) is 48.5 Å². The molecule has 0 unspecified atom stereocenters. The molecule has 2 N–H and O–H groups in total. The number of nitro groups is 2. The van der Waals surface area contributed by atoms with Crippen molar-refractivity contribution in [1.29, 1.82) is 0 Å². The lowest BCUT2D eigenvalue weighted by molar-refractivity contribution is -0.384. The van der Waals surface area contributed by atoms with E-state index in [1.807, 2.05) is 0 Å². The highest BCUT2D eigenvalue weighted by Gasteiger charge is 2.16. The van der Waals surface area contributed by atoms with Crippen molar-refractivity contribution in [2.75, 3.05) is 10.6 Å². The van der Waals surface area contributed by atoms with Gasteiger partial charge in [-0.3, -0.25) is 29.8 Å². The van der Waals surface area contributed by atoms with E-state index in [2.05, 4.69) is 10.6 Å². The first-order chi connectivity index (χ1) is 15.2. The lowest BCUT2D eigenvalue weighted by Crippen LogP contribution is -2.14. The number of nitrogens with zero attached hydrogens (tertiary/aromatic N) is 2. The lowest BCUT2D eigenvalue weighted by Gasteiger charge is -2.08. The summed E-state index contributed by atoms with van der Waals surface area (Å²) in [5.41, 5.74) is 0.0508. The molecule has 3 aromatic rings. The molecule has 0 heterocycles. The largest absolute Gasteiger partial charge is 0.322 e. The first-order valence-electron chi connectivity index (χ1n) is 8.76. The molecule has 0 saturated carbocycles. The molecule has 0 spiro atoms. The number of rotatable bonds is 6. The summed E-state index contributed by atoms with van der Waals surface area (Å²) >= 11 is 11.5. The zero-order valence-electron chi connectivity index (χ0n) is 15.9. The third-order valence-electron chi connectivity index (χ3n) is 4.21. The van der Waals surface area contributed by atoms with Crippen molar-refractivity contribution in [3.05, 3.63) is 102 Å². The molecular formula is C20H12Cl2N4O6. The molecule has 0 fully saturated rings. The number of carbonyl (C=O) groups is 2. The van der Waals surface area contributed by atoms with Gasteiger partial charge in [0.1, 0.15) is 10.0 Å². The molecule has 0 radical (unpaired) electrons. The van der Waals surface area contributed by atoms with Crippen LogP contribution in [0.1, 0.15) is 20.7 Å². The van der Waals surface area contributed by atoms with Crippen LogP contribution in [0.15, 0.2) is 60.7 Å². The van der Waals surface area contributed by atoms with E-state index in [0.29, 0.717) is 0 Å². The van der Waals surface area contributed by atoms with Crippen LogP contribution < -0.4 is 10.6 Å². The molecule has 0 aliphatic carbocycles. The Morgan fingerprint density at radius 1 is 0.656 bits per heavy atom. The summed E-state index contributed by atoms with van der Waals surface area (Å²) < 4.78 is 0. The van der Waals surface area contributed by atoms with Crippen LogP contribution in [0.25, 0.3) is 0 Å².